The maximum absolute atomic E-state index is 12.8. The molecule has 0 unspecified atom stereocenters. The Kier molecular flexibility index (Phi) is 11.4. The average molecular weight is 582 g/mol. The highest BCUT2D eigenvalue weighted by atomic mass is 32.2. The molecule has 41 heavy (non-hydrogen) atoms. The van der Waals surface area contributed by atoms with Crippen LogP contribution in [0.1, 0.15) is 76.3 Å². The Morgan fingerprint density at radius 3 is 2.15 bits per heavy atom. The molecule has 3 aromatic rings. The quantitative estimate of drug-likeness (QED) is 0.269. The van der Waals surface area contributed by atoms with Gasteiger partial charge in [0.15, 0.2) is 0 Å². The fraction of sp³-hybridized carbons (Fsp3) is 0.333. The molecule has 0 fully saturated rings. The second kappa shape index (κ2) is 14.9. The number of carbonyl (C=O) groups is 3. The number of methoxy groups -OCH3 is 1. The second-order valence-electron chi connectivity index (χ2n) is 9.31. The van der Waals surface area contributed by atoms with E-state index in [-0.39, 0.29) is 33.7 Å². The molecule has 0 saturated carbocycles. The highest BCUT2D eigenvalue weighted by Gasteiger charge is 2.21. The molecule has 0 saturated heterocycles. The first-order chi connectivity index (χ1) is 19.7. The number of hydrogen-bond donors (Lipinski definition) is 2. The Morgan fingerprint density at radius 1 is 0.878 bits per heavy atom. The first kappa shape index (κ1) is 31.3. The molecule has 2 aromatic carbocycles. The van der Waals surface area contributed by atoms with Crippen LogP contribution in [0.15, 0.2) is 71.8 Å². The Balaban J connectivity index is 1.56. The summed E-state index contributed by atoms with van der Waals surface area (Å²) in [4.78, 5) is 41.3. The Morgan fingerprint density at radius 2 is 1.54 bits per heavy atom. The number of benzene rings is 2. The van der Waals surface area contributed by atoms with E-state index in [1.807, 2.05) is 42.8 Å². The molecule has 218 valence electrons. The molecule has 0 aliphatic rings. The molecule has 0 bridgehead atoms. The van der Waals surface area contributed by atoms with Crippen molar-refractivity contribution in [3.8, 4) is 5.75 Å². The number of nitrogens with one attached hydrogen (secondary N) is 2. The summed E-state index contributed by atoms with van der Waals surface area (Å²) < 4.78 is 38.3. The third-order valence-electron chi connectivity index (χ3n) is 6.26. The van der Waals surface area contributed by atoms with E-state index in [9.17, 15) is 22.8 Å². The van der Waals surface area contributed by atoms with Gasteiger partial charge in [0.1, 0.15) is 17.5 Å². The van der Waals surface area contributed by atoms with E-state index in [1.165, 1.54) is 36.4 Å². The third-order valence-corrected chi connectivity index (χ3v) is 7.60. The number of esters is 1. The first-order valence-corrected chi connectivity index (χ1v) is 14.9. The Hall–Kier alpha value is -4.25. The van der Waals surface area contributed by atoms with Crippen LogP contribution in [0.5, 0.6) is 5.75 Å². The van der Waals surface area contributed by atoms with Crippen molar-refractivity contribution in [3.05, 3.63) is 89.2 Å². The van der Waals surface area contributed by atoms with E-state index in [4.69, 9.17) is 9.47 Å². The fourth-order valence-electron chi connectivity index (χ4n) is 4.11. The summed E-state index contributed by atoms with van der Waals surface area (Å²) in [6.07, 6.45) is 4.71. The number of nitrogens with zero attached hydrogens (tertiary/aromatic N) is 1. The number of aromatic nitrogens is 1. The van der Waals surface area contributed by atoms with Gasteiger partial charge in [-0.05, 0) is 67.3 Å². The standard InChI is InChI=1S/C30H35N3O7S/c1-4-8-24(9-5-2)40-30(36)26-17-14-23(20-32-26)29(35)33-41(37,38)25-15-12-22(13-16-25)28(34)31-19-18-21-10-6-7-11-27(21)39-3/h6-7,10-17,20,24H,4-5,8-9,18-19H2,1-3H3,(H,31,34)(H,33,35). The molecular weight excluding hydrogens is 546 g/mol. The molecule has 0 radical (unpaired) electrons. The van der Waals surface area contributed by atoms with Crippen molar-refractivity contribution in [2.24, 2.45) is 0 Å². The maximum atomic E-state index is 12.8. The molecule has 2 amide bonds. The van der Waals surface area contributed by atoms with Gasteiger partial charge in [-0.15, -0.1) is 0 Å². The van der Waals surface area contributed by atoms with Crippen molar-refractivity contribution in [2.45, 2.75) is 57.0 Å². The van der Waals surface area contributed by atoms with Gasteiger partial charge >= 0.3 is 5.97 Å². The van der Waals surface area contributed by atoms with Gasteiger partial charge in [-0.3, -0.25) is 9.59 Å². The Bertz CT molecular complexity index is 1430. The molecule has 10 nitrogen and oxygen atoms in total. The van der Waals surface area contributed by atoms with Crippen molar-refractivity contribution in [3.63, 3.8) is 0 Å². The summed E-state index contributed by atoms with van der Waals surface area (Å²) in [5.41, 5.74) is 1.19. The van der Waals surface area contributed by atoms with E-state index in [2.05, 4.69) is 10.3 Å². The second-order valence-corrected chi connectivity index (χ2v) is 11.0. The minimum Gasteiger partial charge on any atom is -0.496 e. The summed E-state index contributed by atoms with van der Waals surface area (Å²) in [6.45, 7) is 4.37. The van der Waals surface area contributed by atoms with Crippen LogP contribution in [0, 0.1) is 0 Å². The number of amides is 2. The summed E-state index contributed by atoms with van der Waals surface area (Å²) in [6, 6.07) is 15.3. The van der Waals surface area contributed by atoms with Crippen molar-refractivity contribution in [2.75, 3.05) is 13.7 Å². The monoisotopic (exact) mass is 581 g/mol. The molecule has 11 heteroatoms. The van der Waals surface area contributed by atoms with Crippen LogP contribution in [0.25, 0.3) is 0 Å². The number of carbonyl (C=O) groups excluding carboxylic acids is 3. The van der Waals surface area contributed by atoms with Crippen molar-refractivity contribution >= 4 is 27.8 Å². The predicted molar refractivity (Wildman–Crippen MR) is 153 cm³/mol. The van der Waals surface area contributed by atoms with Gasteiger partial charge in [-0.25, -0.2) is 22.9 Å². The fourth-order valence-corrected chi connectivity index (χ4v) is 5.09. The summed E-state index contributed by atoms with van der Waals surface area (Å²) in [5.74, 6) is -1.14. The lowest BCUT2D eigenvalue weighted by Gasteiger charge is -2.16. The van der Waals surface area contributed by atoms with Crippen LogP contribution in [-0.4, -0.2) is 50.9 Å². The minimum atomic E-state index is -4.23. The smallest absolute Gasteiger partial charge is 0.357 e. The van der Waals surface area contributed by atoms with E-state index in [0.717, 1.165) is 43.2 Å². The summed E-state index contributed by atoms with van der Waals surface area (Å²) >= 11 is 0. The van der Waals surface area contributed by atoms with Crippen LogP contribution in [-0.2, 0) is 21.2 Å². The molecule has 1 aromatic heterocycles. The molecule has 0 spiro atoms. The van der Waals surface area contributed by atoms with Crippen LogP contribution in [0.2, 0.25) is 0 Å². The highest BCUT2D eigenvalue weighted by molar-refractivity contribution is 7.90. The minimum absolute atomic E-state index is 0.0263. The SMILES string of the molecule is CCCC(CCC)OC(=O)c1ccc(C(=O)NS(=O)(=O)c2ccc(C(=O)NCCc3ccccc3OC)cc2)cn1. The molecule has 1 heterocycles. The topological polar surface area (TPSA) is 141 Å². The zero-order chi connectivity index (χ0) is 29.8. The van der Waals surface area contributed by atoms with E-state index in [0.29, 0.717) is 13.0 Å². The summed E-state index contributed by atoms with van der Waals surface area (Å²) in [5, 5.41) is 2.79. The zero-order valence-corrected chi connectivity index (χ0v) is 24.2. The van der Waals surface area contributed by atoms with Crippen LogP contribution in [0.3, 0.4) is 0 Å². The molecular formula is C30H35N3O7S. The summed E-state index contributed by atoms with van der Waals surface area (Å²) in [7, 11) is -2.65. The number of ether oxygens (including phenoxy) is 2. The zero-order valence-electron chi connectivity index (χ0n) is 23.4. The van der Waals surface area contributed by atoms with Crippen LogP contribution >= 0.6 is 0 Å². The maximum Gasteiger partial charge on any atom is 0.357 e. The lowest BCUT2D eigenvalue weighted by Crippen LogP contribution is -2.31. The van der Waals surface area contributed by atoms with Gasteiger partial charge in [0.25, 0.3) is 21.8 Å². The normalized spacial score (nSPS) is 11.1. The number of sulfonamides is 1. The number of rotatable bonds is 14. The molecule has 0 aliphatic carbocycles. The van der Waals surface area contributed by atoms with Gasteiger partial charge in [-0.1, -0.05) is 44.9 Å². The van der Waals surface area contributed by atoms with E-state index in [1.54, 1.807) is 7.11 Å². The van der Waals surface area contributed by atoms with Gasteiger partial charge in [0, 0.05) is 18.3 Å². The van der Waals surface area contributed by atoms with Gasteiger partial charge in [-0.2, -0.15) is 0 Å². The predicted octanol–water partition coefficient (Wildman–Crippen LogP) is 4.31. The molecule has 0 atom stereocenters. The molecule has 0 aliphatic heterocycles. The lowest BCUT2D eigenvalue weighted by atomic mass is 10.1. The van der Waals surface area contributed by atoms with E-state index >= 15 is 0 Å². The first-order valence-electron chi connectivity index (χ1n) is 13.4. The van der Waals surface area contributed by atoms with Gasteiger partial charge < -0.3 is 14.8 Å². The Labute approximate surface area is 240 Å². The van der Waals surface area contributed by atoms with E-state index < -0.39 is 21.9 Å². The van der Waals surface area contributed by atoms with Crippen LogP contribution < -0.4 is 14.8 Å². The van der Waals surface area contributed by atoms with Crippen molar-refractivity contribution in [1.29, 1.82) is 0 Å². The highest BCUT2D eigenvalue weighted by Crippen LogP contribution is 2.18. The average Bonchev–Trinajstić information content (AvgIpc) is 2.97. The number of hydrogen-bond acceptors (Lipinski definition) is 8. The van der Waals surface area contributed by atoms with Crippen molar-refractivity contribution < 1.29 is 32.3 Å². The lowest BCUT2D eigenvalue weighted by molar-refractivity contribution is 0.0251. The largest absolute Gasteiger partial charge is 0.496 e. The van der Waals surface area contributed by atoms with Gasteiger partial charge in [0.2, 0.25) is 0 Å². The van der Waals surface area contributed by atoms with Gasteiger partial charge in [0.05, 0.1) is 17.6 Å². The molecule has 3 rings (SSSR count). The van der Waals surface area contributed by atoms with Crippen LogP contribution in [0.4, 0.5) is 0 Å². The third kappa shape index (κ3) is 8.87. The van der Waals surface area contributed by atoms with Crippen molar-refractivity contribution in [1.82, 2.24) is 15.0 Å². The number of pyridine rings is 1. The number of para-hydroxylation sites is 1. The molecule has 2 N–H and O–H groups in total.